The summed E-state index contributed by atoms with van der Waals surface area (Å²) in [7, 11) is 3.97. The number of nitrogens with zero attached hydrogens (tertiary/aromatic N) is 4. The summed E-state index contributed by atoms with van der Waals surface area (Å²) in [6.07, 6.45) is 7.91. The fraction of sp³-hybridized carbons (Fsp3) is 0.909. The van der Waals surface area contributed by atoms with Gasteiger partial charge in [0.1, 0.15) is 0 Å². The lowest BCUT2D eigenvalue weighted by atomic mass is 9.96. The minimum Gasteiger partial charge on any atom is -0.316 e. The smallest absolute Gasteiger partial charge is 0.209 e. The van der Waals surface area contributed by atoms with Gasteiger partial charge in [0.2, 0.25) is 5.16 Å². The third-order valence-electron chi connectivity index (χ3n) is 3.41. The highest BCUT2D eigenvalue weighted by molar-refractivity contribution is 7.99. The van der Waals surface area contributed by atoms with Crippen LogP contribution < -0.4 is 5.32 Å². The number of tetrazole rings is 1. The molecule has 2 atom stereocenters. The molecule has 2 rings (SSSR count). The molecule has 0 amide bonds. The van der Waals surface area contributed by atoms with E-state index in [-0.39, 0.29) is 0 Å². The van der Waals surface area contributed by atoms with Gasteiger partial charge in [0, 0.05) is 18.3 Å². The van der Waals surface area contributed by atoms with Crippen LogP contribution in [0.4, 0.5) is 0 Å². The van der Waals surface area contributed by atoms with Crippen molar-refractivity contribution in [1.29, 1.82) is 0 Å². The van der Waals surface area contributed by atoms with E-state index in [2.05, 4.69) is 27.9 Å². The van der Waals surface area contributed by atoms with Crippen molar-refractivity contribution in [2.45, 2.75) is 55.0 Å². The molecule has 1 saturated carbocycles. The Labute approximate surface area is 107 Å². The molecule has 2 unspecified atom stereocenters. The van der Waals surface area contributed by atoms with Crippen molar-refractivity contribution in [3.8, 4) is 0 Å². The molecular formula is C11H21N5S. The van der Waals surface area contributed by atoms with Gasteiger partial charge in [0.15, 0.2) is 0 Å². The van der Waals surface area contributed by atoms with Crippen molar-refractivity contribution in [3.63, 3.8) is 0 Å². The third-order valence-corrected chi connectivity index (χ3v) is 4.84. The van der Waals surface area contributed by atoms with Gasteiger partial charge in [-0.3, -0.25) is 0 Å². The summed E-state index contributed by atoms with van der Waals surface area (Å²) in [6.45, 7) is 0. The molecule has 0 aliphatic heterocycles. The molecule has 1 aromatic rings. The average molecular weight is 255 g/mol. The predicted molar refractivity (Wildman–Crippen MR) is 69.0 cm³/mol. The molecule has 0 bridgehead atoms. The Morgan fingerprint density at radius 3 is 2.65 bits per heavy atom. The first-order valence-corrected chi connectivity index (χ1v) is 7.25. The third kappa shape index (κ3) is 3.42. The lowest BCUT2D eigenvalue weighted by molar-refractivity contribution is 0.419. The molecule has 1 aliphatic carbocycles. The van der Waals surface area contributed by atoms with Gasteiger partial charge in [-0.25, -0.2) is 4.68 Å². The van der Waals surface area contributed by atoms with Crippen molar-refractivity contribution in [3.05, 3.63) is 0 Å². The Hall–Kier alpha value is -0.620. The monoisotopic (exact) mass is 255 g/mol. The van der Waals surface area contributed by atoms with Crippen molar-refractivity contribution in [1.82, 2.24) is 25.5 Å². The van der Waals surface area contributed by atoms with E-state index < -0.39 is 0 Å². The first kappa shape index (κ1) is 12.8. The molecule has 17 heavy (non-hydrogen) atoms. The van der Waals surface area contributed by atoms with E-state index in [0.717, 1.165) is 5.16 Å². The normalized spacial score (nSPS) is 26.5. The Kier molecular flexibility index (Phi) is 4.79. The van der Waals surface area contributed by atoms with Crippen LogP contribution in [0.5, 0.6) is 0 Å². The van der Waals surface area contributed by atoms with Gasteiger partial charge < -0.3 is 5.32 Å². The summed E-state index contributed by atoms with van der Waals surface area (Å²) in [5.41, 5.74) is 0. The van der Waals surface area contributed by atoms with Gasteiger partial charge in [-0.05, 0) is 30.3 Å². The maximum absolute atomic E-state index is 4.07. The van der Waals surface area contributed by atoms with Crippen LogP contribution in [0.2, 0.25) is 0 Å². The molecule has 1 heterocycles. The number of aryl methyl sites for hydroxylation is 1. The van der Waals surface area contributed by atoms with E-state index in [0.29, 0.717) is 11.3 Å². The molecule has 5 nitrogen and oxygen atoms in total. The average Bonchev–Trinajstić information content (AvgIpc) is 2.69. The molecule has 6 heteroatoms. The van der Waals surface area contributed by atoms with Crippen molar-refractivity contribution in [2.75, 3.05) is 7.05 Å². The maximum Gasteiger partial charge on any atom is 0.209 e. The fourth-order valence-electron chi connectivity index (χ4n) is 2.38. The summed E-state index contributed by atoms with van der Waals surface area (Å²) in [5, 5.41) is 16.6. The van der Waals surface area contributed by atoms with E-state index in [1.165, 1.54) is 38.5 Å². The summed E-state index contributed by atoms with van der Waals surface area (Å²) < 4.78 is 1.76. The molecule has 0 radical (unpaired) electrons. The van der Waals surface area contributed by atoms with Crippen molar-refractivity contribution < 1.29 is 0 Å². The molecule has 0 saturated heterocycles. The second kappa shape index (κ2) is 6.35. The first-order chi connectivity index (χ1) is 8.31. The van der Waals surface area contributed by atoms with Gasteiger partial charge in [0.05, 0.1) is 0 Å². The number of hydrogen-bond donors (Lipinski definition) is 1. The van der Waals surface area contributed by atoms with Gasteiger partial charge in [-0.15, -0.1) is 5.10 Å². The van der Waals surface area contributed by atoms with Crippen LogP contribution in [0, 0.1) is 0 Å². The first-order valence-electron chi connectivity index (χ1n) is 6.37. The van der Waals surface area contributed by atoms with Crippen LogP contribution in [0.15, 0.2) is 5.16 Å². The second-order valence-electron chi connectivity index (χ2n) is 4.63. The standard InChI is InChI=1S/C11H21N5S/c1-12-9-7-5-3-4-6-8-10(9)17-11-13-14-15-16(11)2/h9-10,12H,3-8H2,1-2H3. The molecule has 1 aromatic heterocycles. The largest absolute Gasteiger partial charge is 0.316 e. The second-order valence-corrected chi connectivity index (χ2v) is 5.83. The minimum atomic E-state index is 0.581. The highest BCUT2D eigenvalue weighted by atomic mass is 32.2. The Morgan fingerprint density at radius 1 is 1.24 bits per heavy atom. The van der Waals surface area contributed by atoms with Crippen molar-refractivity contribution >= 4 is 11.8 Å². The van der Waals surface area contributed by atoms with Crippen molar-refractivity contribution in [2.24, 2.45) is 7.05 Å². The molecule has 1 N–H and O–H groups in total. The molecule has 1 fully saturated rings. The van der Waals surface area contributed by atoms with E-state index in [1.54, 1.807) is 4.68 Å². The number of aromatic nitrogens is 4. The Bertz CT molecular complexity index is 340. The lowest BCUT2D eigenvalue weighted by Gasteiger charge is -2.27. The highest BCUT2D eigenvalue weighted by Crippen LogP contribution is 2.30. The summed E-state index contributed by atoms with van der Waals surface area (Å²) in [6, 6.07) is 0.581. The van der Waals surface area contributed by atoms with E-state index >= 15 is 0 Å². The number of rotatable bonds is 3. The van der Waals surface area contributed by atoms with Crippen LogP contribution in [-0.4, -0.2) is 38.5 Å². The minimum absolute atomic E-state index is 0.581. The van der Waals surface area contributed by atoms with Gasteiger partial charge >= 0.3 is 0 Å². The van der Waals surface area contributed by atoms with E-state index in [1.807, 2.05) is 18.8 Å². The van der Waals surface area contributed by atoms with Gasteiger partial charge in [-0.2, -0.15) is 0 Å². The number of thioether (sulfide) groups is 1. The summed E-state index contributed by atoms with van der Waals surface area (Å²) in [5.74, 6) is 0. The Morgan fingerprint density at radius 2 is 2.00 bits per heavy atom. The highest BCUT2D eigenvalue weighted by Gasteiger charge is 2.24. The number of nitrogens with one attached hydrogen (secondary N) is 1. The van der Waals surface area contributed by atoms with Crippen LogP contribution in [0.3, 0.4) is 0 Å². The summed E-state index contributed by atoms with van der Waals surface area (Å²) >= 11 is 1.82. The molecule has 0 aromatic carbocycles. The topological polar surface area (TPSA) is 55.6 Å². The lowest BCUT2D eigenvalue weighted by Crippen LogP contribution is -2.36. The quantitative estimate of drug-likeness (QED) is 0.889. The predicted octanol–water partition coefficient (Wildman–Crippen LogP) is 1.61. The zero-order valence-corrected chi connectivity index (χ0v) is 11.4. The van der Waals surface area contributed by atoms with Crippen LogP contribution in [-0.2, 0) is 7.05 Å². The molecule has 1 aliphatic rings. The fourth-order valence-corrected chi connectivity index (χ4v) is 3.64. The molecule has 0 spiro atoms. The molecular weight excluding hydrogens is 234 g/mol. The maximum atomic E-state index is 4.07. The number of hydrogen-bond acceptors (Lipinski definition) is 5. The Balaban J connectivity index is 2.01. The van der Waals surface area contributed by atoms with E-state index in [4.69, 9.17) is 0 Å². The van der Waals surface area contributed by atoms with Gasteiger partial charge in [0.25, 0.3) is 0 Å². The zero-order chi connectivity index (χ0) is 12.1. The van der Waals surface area contributed by atoms with Crippen LogP contribution in [0.25, 0.3) is 0 Å². The SMILES string of the molecule is CNC1CCCCCCC1Sc1nnnn1C. The van der Waals surface area contributed by atoms with Crippen LogP contribution >= 0.6 is 11.8 Å². The van der Waals surface area contributed by atoms with Crippen LogP contribution in [0.1, 0.15) is 38.5 Å². The molecule has 96 valence electrons. The van der Waals surface area contributed by atoms with Gasteiger partial charge in [-0.1, -0.05) is 37.4 Å². The van der Waals surface area contributed by atoms with E-state index in [9.17, 15) is 0 Å². The zero-order valence-electron chi connectivity index (χ0n) is 10.6. The summed E-state index contributed by atoms with van der Waals surface area (Å²) in [4.78, 5) is 0.